The minimum atomic E-state index is -0.0755. The van der Waals surface area contributed by atoms with Crippen LogP contribution in [0.25, 0.3) is 21.8 Å². The molecule has 0 saturated carbocycles. The van der Waals surface area contributed by atoms with E-state index in [1.165, 1.54) is 0 Å². The zero-order valence-corrected chi connectivity index (χ0v) is 33.8. The average molecular weight is 938 g/mol. The van der Waals surface area contributed by atoms with Crippen molar-refractivity contribution in [3.8, 4) is 0 Å². The van der Waals surface area contributed by atoms with Crippen LogP contribution in [0.4, 0.5) is 0 Å². The first kappa shape index (κ1) is 36.1. The lowest BCUT2D eigenvalue weighted by Crippen LogP contribution is -2.19. The first-order chi connectivity index (χ1) is 24.4. The van der Waals surface area contributed by atoms with Crippen molar-refractivity contribution < 1.29 is 14.3 Å². The Labute approximate surface area is 325 Å². The van der Waals surface area contributed by atoms with E-state index in [2.05, 4.69) is 84.2 Å². The summed E-state index contributed by atoms with van der Waals surface area (Å²) in [5.74, 6) is -0.150. The van der Waals surface area contributed by atoms with Gasteiger partial charge in [0.2, 0.25) is 0 Å². The fraction of sp³-hybridized carbons (Fsp3) is 0.200. The molecule has 2 amide bonds. The topological polar surface area (TPSA) is 114 Å². The van der Waals surface area contributed by atoms with Gasteiger partial charge in [-0.25, -0.2) is 4.68 Å². The maximum Gasteiger partial charge on any atom is 0.252 e. The average Bonchev–Trinajstić information content (AvgIpc) is 3.70. The number of hydrogen-bond donors (Lipinski definition) is 3. The summed E-state index contributed by atoms with van der Waals surface area (Å²) in [6.07, 6.45) is 3.27. The van der Waals surface area contributed by atoms with Crippen LogP contribution in [0.15, 0.2) is 105 Å². The summed E-state index contributed by atoms with van der Waals surface area (Å²) in [6.45, 7) is 0.788. The van der Waals surface area contributed by atoms with Crippen molar-refractivity contribution in [2.75, 3.05) is 20.7 Å². The van der Waals surface area contributed by atoms with Gasteiger partial charge in [0.1, 0.15) is 7.40 Å². The van der Waals surface area contributed by atoms with Gasteiger partial charge >= 0.3 is 0 Å². The highest BCUT2D eigenvalue weighted by Gasteiger charge is 2.21. The molecule has 0 radical (unpaired) electrons. The second-order valence-corrected chi connectivity index (χ2v) is 15.1. The Morgan fingerprint density at radius 2 is 1.47 bits per heavy atom. The first-order valence-electron chi connectivity index (χ1n) is 15.8. The lowest BCUT2D eigenvalue weighted by Gasteiger charge is -2.23. The highest BCUT2D eigenvalue weighted by atomic mass is 127. The summed E-state index contributed by atoms with van der Waals surface area (Å²) < 4.78 is 15.6. The van der Waals surface area contributed by atoms with Crippen molar-refractivity contribution in [3.05, 3.63) is 103 Å². The Morgan fingerprint density at radius 1 is 0.878 bits per heavy atom. The van der Waals surface area contributed by atoms with Gasteiger partial charge in [-0.2, -0.15) is 20.0 Å². The van der Waals surface area contributed by atoms with Crippen LogP contribution < -0.4 is 10.6 Å². The van der Waals surface area contributed by atoms with E-state index in [0.29, 0.717) is 11.1 Å². The Balaban J connectivity index is 0.000000191. The quantitative estimate of drug-likeness (QED) is 0.109. The zero-order valence-electron chi connectivity index (χ0n) is 27.7. The normalized spacial score (nSPS) is 14.2. The number of halogens is 2. The number of ether oxygens (including phenoxy) is 1. The molecule has 1 fully saturated rings. The third kappa shape index (κ3) is 8.79. The number of carbonyl (C=O) groups excluding carboxylic acids is 2. The van der Waals surface area contributed by atoms with Gasteiger partial charge in [-0.1, -0.05) is 47.8 Å². The predicted octanol–water partition coefficient (Wildman–Crippen LogP) is 8.59. The molecule has 2 unspecified atom stereocenters. The second kappa shape index (κ2) is 17.5. The number of rotatable bonds is 7. The molecule has 3 heterocycles. The van der Waals surface area contributed by atoms with E-state index in [0.717, 1.165) is 74.7 Å². The maximum absolute atomic E-state index is 12.1. The molecule has 254 valence electrons. The van der Waals surface area contributed by atoms with E-state index >= 15 is 0 Å². The largest absolute Gasteiger partial charge is 0.356 e. The van der Waals surface area contributed by atoms with E-state index in [4.69, 9.17) is 11.1 Å². The summed E-state index contributed by atoms with van der Waals surface area (Å²) in [6, 6.07) is 27.7. The fourth-order valence-corrected chi connectivity index (χ4v) is 8.53. The van der Waals surface area contributed by atoms with E-state index in [-0.39, 0.29) is 18.0 Å². The number of nitrogens with zero attached hydrogens (tertiary/aromatic N) is 3. The number of aromatic amines is 1. The molecule has 1 aliphatic rings. The number of H-pyrrole nitrogens is 1. The third-order valence-corrected chi connectivity index (χ3v) is 11.5. The Bertz CT molecular complexity index is 2110. The van der Waals surface area contributed by atoms with Crippen molar-refractivity contribution in [1.29, 1.82) is 1.28 Å². The summed E-state index contributed by atoms with van der Waals surface area (Å²) >= 11 is 7.67. The molecule has 7 rings (SSSR count). The van der Waals surface area contributed by atoms with E-state index < -0.39 is 0 Å². The molecular weight excluding hydrogens is 901 g/mol. The number of amides is 2. The number of aromatic nitrogens is 4. The Kier molecular flexibility index (Phi) is 12.9. The monoisotopic (exact) mass is 937 g/mol. The molecule has 0 spiro atoms. The molecular formula is C35H35I2N6O3PS2. The maximum atomic E-state index is 12.1. The van der Waals surface area contributed by atoms with E-state index in [9.17, 15) is 9.59 Å². The second-order valence-electron chi connectivity index (χ2n) is 10.8. The molecule has 1 saturated heterocycles. The molecule has 4 aromatic carbocycles. The highest BCUT2D eigenvalue weighted by molar-refractivity contribution is 14.1. The number of carbonyl (C=O) groups is 2. The van der Waals surface area contributed by atoms with Crippen LogP contribution in [-0.4, -0.2) is 53.8 Å². The molecule has 49 heavy (non-hydrogen) atoms. The molecule has 6 aromatic rings. The Hall–Kier alpha value is -2.69. The predicted molar refractivity (Wildman–Crippen MR) is 219 cm³/mol. The lowest BCUT2D eigenvalue weighted by atomic mass is 10.2. The third-order valence-electron chi connectivity index (χ3n) is 7.72. The van der Waals surface area contributed by atoms with Gasteiger partial charge in [-0.3, -0.25) is 14.7 Å². The standard InChI is InChI=1S/C20H20IN3O2S.C15H12IN3OS.H3P/c1-22-20(25)15-6-2-3-7-17(15)27-13-9-10-14-16(12-13)24(23-19(14)21)18-8-4-5-11-26-18;1-17-15(20)11-4-2-3-5-13(11)21-9-6-7-10-12(8-9)18-19-14(10)16;/h2-3,6-7,9-10,12,18H,4-5,8,11H2,1H3,(H,22,25);2-8H,1H3,(H,17,20)(H,18,19);1H3/i;;1D. The van der Waals surface area contributed by atoms with Gasteiger partial charge in [0.25, 0.3) is 11.8 Å². The number of nitrogens with one attached hydrogen (secondary N) is 3. The molecule has 0 bridgehead atoms. The van der Waals surface area contributed by atoms with Crippen LogP contribution in [0.1, 0.15) is 46.2 Å². The number of fused-ring (bicyclic) bond motifs is 2. The number of hydrogen-bond acceptors (Lipinski definition) is 7. The summed E-state index contributed by atoms with van der Waals surface area (Å²) in [4.78, 5) is 28.0. The summed E-state index contributed by atoms with van der Waals surface area (Å²) in [7, 11) is 4.96. The molecule has 1 aliphatic heterocycles. The lowest BCUT2D eigenvalue weighted by molar-refractivity contribution is -0.0368. The van der Waals surface area contributed by atoms with Gasteiger partial charge < -0.3 is 15.4 Å². The van der Waals surface area contributed by atoms with E-state index in [1.54, 1.807) is 47.5 Å². The molecule has 3 N–H and O–H groups in total. The molecule has 9 nitrogen and oxygen atoms in total. The van der Waals surface area contributed by atoms with E-state index in [1.807, 2.05) is 71.4 Å². The van der Waals surface area contributed by atoms with Gasteiger partial charge in [0.15, 0.2) is 6.23 Å². The summed E-state index contributed by atoms with van der Waals surface area (Å²) in [5, 5.41) is 19.6. The molecule has 14 heteroatoms. The van der Waals surface area contributed by atoms with Crippen molar-refractivity contribution in [3.63, 3.8) is 0 Å². The van der Waals surface area contributed by atoms with Crippen LogP contribution in [0.2, 0.25) is 0 Å². The molecule has 0 aliphatic carbocycles. The zero-order chi connectivity index (χ0) is 35.6. The van der Waals surface area contributed by atoms with Crippen LogP contribution in [0.3, 0.4) is 0 Å². The van der Waals surface area contributed by atoms with Crippen LogP contribution >= 0.6 is 78.5 Å². The summed E-state index contributed by atoms with van der Waals surface area (Å²) in [5.41, 5.74) is 3.38. The van der Waals surface area contributed by atoms with Crippen molar-refractivity contribution in [2.45, 2.75) is 45.1 Å². The SMILES string of the molecule is CNC(=O)c1ccccc1Sc1ccc2c(I)[nH]nc2c1.CNC(=O)c1ccccc1Sc1ccc2c(I)nn(C3CCCCO3)c2c1.[2H]P. The van der Waals surface area contributed by atoms with Gasteiger partial charge in [-0.15, -0.1) is 0 Å². The minimum absolute atomic E-state index is 0.00294. The highest BCUT2D eigenvalue weighted by Crippen LogP contribution is 2.36. The van der Waals surface area contributed by atoms with Gasteiger partial charge in [-0.05, 0) is 125 Å². The fourth-order valence-electron chi connectivity index (χ4n) is 5.31. The Morgan fingerprint density at radius 3 is 2.06 bits per heavy atom. The number of benzene rings is 4. The molecule has 2 atom stereocenters. The minimum Gasteiger partial charge on any atom is -0.356 e. The van der Waals surface area contributed by atoms with Crippen LogP contribution in [0.5, 0.6) is 0 Å². The van der Waals surface area contributed by atoms with Crippen LogP contribution in [0, 0.1) is 7.40 Å². The first-order valence-corrected chi connectivity index (χ1v) is 19.1. The smallest absolute Gasteiger partial charge is 0.252 e. The van der Waals surface area contributed by atoms with Gasteiger partial charge in [0, 0.05) is 51.1 Å². The van der Waals surface area contributed by atoms with Gasteiger partial charge in [0.05, 0.1) is 23.4 Å². The van der Waals surface area contributed by atoms with Crippen molar-refractivity contribution in [2.24, 2.45) is 0 Å². The van der Waals surface area contributed by atoms with Crippen molar-refractivity contribution >= 4 is 112 Å². The molecule has 2 aromatic heterocycles. The van der Waals surface area contributed by atoms with Crippen molar-refractivity contribution in [1.82, 2.24) is 30.6 Å². The van der Waals surface area contributed by atoms with Crippen LogP contribution in [-0.2, 0) is 4.74 Å².